The topological polar surface area (TPSA) is 43.1 Å². The van der Waals surface area contributed by atoms with Crippen molar-refractivity contribution in [2.45, 2.75) is 20.8 Å². The Hall–Kier alpha value is -1.31. The summed E-state index contributed by atoms with van der Waals surface area (Å²) in [6.07, 6.45) is 0. The number of rotatable bonds is 2. The normalized spacial score (nSPS) is 10.5. The van der Waals surface area contributed by atoms with E-state index in [0.717, 1.165) is 5.56 Å². The van der Waals surface area contributed by atoms with Gasteiger partial charge in [0.2, 0.25) is 0 Å². The molecule has 2 heteroatoms. The van der Waals surface area contributed by atoms with Crippen LogP contribution >= 0.6 is 0 Å². The molecule has 0 aliphatic carbocycles. The molecule has 1 rings (SSSR count). The monoisotopic (exact) mass is 177 g/mol. The minimum absolute atomic E-state index is 0.00464. The number of aryl methyl sites for hydroxylation is 1. The molecule has 0 unspecified atom stereocenters. The van der Waals surface area contributed by atoms with Gasteiger partial charge in [-0.05, 0) is 24.6 Å². The zero-order valence-corrected chi connectivity index (χ0v) is 8.29. The van der Waals surface area contributed by atoms with Crippen molar-refractivity contribution in [2.75, 3.05) is 5.73 Å². The van der Waals surface area contributed by atoms with Gasteiger partial charge in [0.25, 0.3) is 0 Å². The van der Waals surface area contributed by atoms with E-state index in [2.05, 4.69) is 0 Å². The number of Topliss-reactive ketones (excluding diaryl/α,β-unsaturated/α-hetero) is 1. The molecule has 0 aromatic heterocycles. The van der Waals surface area contributed by atoms with Crippen molar-refractivity contribution < 1.29 is 4.79 Å². The first-order valence-corrected chi connectivity index (χ1v) is 4.42. The minimum atomic E-state index is 0.00464. The van der Waals surface area contributed by atoms with Gasteiger partial charge >= 0.3 is 0 Å². The Labute approximate surface area is 78.8 Å². The molecule has 0 saturated carbocycles. The lowest BCUT2D eigenvalue weighted by Gasteiger charge is -2.07. The van der Waals surface area contributed by atoms with E-state index in [4.69, 9.17) is 5.73 Å². The number of anilines is 1. The predicted molar refractivity (Wildman–Crippen MR) is 54.8 cm³/mol. The van der Waals surface area contributed by atoms with Crippen LogP contribution in [0.15, 0.2) is 18.2 Å². The SMILES string of the molecule is Cc1ccc(C(=O)C(C)C)c(N)c1. The fourth-order valence-electron chi connectivity index (χ4n) is 1.22. The third kappa shape index (κ3) is 2.08. The molecule has 0 amide bonds. The van der Waals surface area contributed by atoms with Crippen molar-refractivity contribution in [3.8, 4) is 0 Å². The summed E-state index contributed by atoms with van der Waals surface area (Å²) >= 11 is 0. The first-order valence-electron chi connectivity index (χ1n) is 4.42. The van der Waals surface area contributed by atoms with Crippen LogP contribution in [0.5, 0.6) is 0 Å². The van der Waals surface area contributed by atoms with Gasteiger partial charge in [-0.15, -0.1) is 0 Å². The third-order valence-corrected chi connectivity index (χ3v) is 2.00. The Balaban J connectivity index is 3.09. The van der Waals surface area contributed by atoms with Crippen LogP contribution in [-0.2, 0) is 0 Å². The molecule has 0 spiro atoms. The van der Waals surface area contributed by atoms with Crippen molar-refractivity contribution in [1.82, 2.24) is 0 Å². The molecular formula is C11H15NO. The summed E-state index contributed by atoms with van der Waals surface area (Å²) in [4.78, 5) is 11.6. The van der Waals surface area contributed by atoms with Gasteiger partial charge in [-0.25, -0.2) is 0 Å². The summed E-state index contributed by atoms with van der Waals surface area (Å²) in [5, 5.41) is 0. The highest BCUT2D eigenvalue weighted by molar-refractivity contribution is 6.01. The van der Waals surface area contributed by atoms with E-state index in [9.17, 15) is 4.79 Å². The second-order valence-electron chi connectivity index (χ2n) is 3.61. The van der Waals surface area contributed by atoms with Crippen LogP contribution in [-0.4, -0.2) is 5.78 Å². The highest BCUT2D eigenvalue weighted by Crippen LogP contribution is 2.17. The molecule has 1 aromatic rings. The molecule has 0 bridgehead atoms. The summed E-state index contributed by atoms with van der Waals surface area (Å²) in [5.41, 5.74) is 8.04. The van der Waals surface area contributed by atoms with Gasteiger partial charge in [-0.3, -0.25) is 4.79 Å². The lowest BCUT2D eigenvalue weighted by atomic mass is 9.98. The Morgan fingerprint density at radius 3 is 2.46 bits per heavy atom. The van der Waals surface area contributed by atoms with Crippen molar-refractivity contribution in [1.29, 1.82) is 0 Å². The van der Waals surface area contributed by atoms with Crippen LogP contribution in [0.4, 0.5) is 5.69 Å². The maximum absolute atomic E-state index is 11.6. The van der Waals surface area contributed by atoms with E-state index in [1.165, 1.54) is 0 Å². The molecule has 70 valence electrons. The summed E-state index contributed by atoms with van der Waals surface area (Å²) in [7, 11) is 0. The Morgan fingerprint density at radius 2 is 2.00 bits per heavy atom. The van der Waals surface area contributed by atoms with E-state index >= 15 is 0 Å². The van der Waals surface area contributed by atoms with Crippen LogP contribution in [0.1, 0.15) is 29.8 Å². The Bertz CT molecular complexity index is 329. The second kappa shape index (κ2) is 3.60. The second-order valence-corrected chi connectivity index (χ2v) is 3.61. The van der Waals surface area contributed by atoms with Gasteiger partial charge < -0.3 is 5.73 Å². The number of nitrogens with two attached hydrogens (primary N) is 1. The molecule has 13 heavy (non-hydrogen) atoms. The zero-order valence-electron chi connectivity index (χ0n) is 8.29. The molecule has 0 fully saturated rings. The molecule has 0 heterocycles. The largest absolute Gasteiger partial charge is 0.398 e. The fourth-order valence-corrected chi connectivity index (χ4v) is 1.22. The standard InChI is InChI=1S/C11H15NO/c1-7(2)11(13)9-5-4-8(3)6-10(9)12/h4-7H,12H2,1-3H3. The van der Waals surface area contributed by atoms with Crippen LogP contribution in [0.25, 0.3) is 0 Å². The molecule has 0 aliphatic heterocycles. The first kappa shape index (κ1) is 9.78. The van der Waals surface area contributed by atoms with Gasteiger partial charge in [-0.2, -0.15) is 0 Å². The van der Waals surface area contributed by atoms with Crippen LogP contribution in [0, 0.1) is 12.8 Å². The summed E-state index contributed by atoms with van der Waals surface area (Å²) in [6, 6.07) is 5.54. The van der Waals surface area contributed by atoms with Crippen molar-refractivity contribution >= 4 is 11.5 Å². The molecule has 1 aromatic carbocycles. The summed E-state index contributed by atoms with van der Waals surface area (Å²) in [5.74, 6) is 0.113. The van der Waals surface area contributed by atoms with Gasteiger partial charge in [0.1, 0.15) is 0 Å². The van der Waals surface area contributed by atoms with Gasteiger partial charge in [0.05, 0.1) is 0 Å². The zero-order chi connectivity index (χ0) is 10.0. The van der Waals surface area contributed by atoms with E-state index in [1.807, 2.05) is 32.9 Å². The quantitative estimate of drug-likeness (QED) is 0.557. The third-order valence-electron chi connectivity index (χ3n) is 2.00. The highest BCUT2D eigenvalue weighted by Gasteiger charge is 2.12. The number of ketones is 1. The van der Waals surface area contributed by atoms with Crippen molar-refractivity contribution in [3.05, 3.63) is 29.3 Å². The van der Waals surface area contributed by atoms with Crippen LogP contribution in [0.2, 0.25) is 0 Å². The van der Waals surface area contributed by atoms with E-state index in [1.54, 1.807) is 6.07 Å². The maximum Gasteiger partial charge on any atom is 0.167 e. The van der Waals surface area contributed by atoms with Gasteiger partial charge in [0.15, 0.2) is 5.78 Å². The highest BCUT2D eigenvalue weighted by atomic mass is 16.1. The minimum Gasteiger partial charge on any atom is -0.398 e. The predicted octanol–water partition coefficient (Wildman–Crippen LogP) is 2.42. The van der Waals surface area contributed by atoms with Crippen molar-refractivity contribution in [3.63, 3.8) is 0 Å². The number of nitrogen functional groups attached to an aromatic ring is 1. The van der Waals surface area contributed by atoms with Crippen LogP contribution in [0.3, 0.4) is 0 Å². The maximum atomic E-state index is 11.6. The number of hydrogen-bond acceptors (Lipinski definition) is 2. The van der Waals surface area contributed by atoms with E-state index < -0.39 is 0 Å². The smallest absolute Gasteiger partial charge is 0.167 e. The number of hydrogen-bond donors (Lipinski definition) is 1. The molecule has 2 N–H and O–H groups in total. The molecule has 2 nitrogen and oxygen atoms in total. The van der Waals surface area contributed by atoms with E-state index in [0.29, 0.717) is 11.3 Å². The fraction of sp³-hybridized carbons (Fsp3) is 0.364. The lowest BCUT2D eigenvalue weighted by Crippen LogP contribution is -2.10. The Morgan fingerprint density at radius 1 is 1.38 bits per heavy atom. The van der Waals surface area contributed by atoms with Gasteiger partial charge in [-0.1, -0.05) is 19.9 Å². The van der Waals surface area contributed by atoms with E-state index in [-0.39, 0.29) is 11.7 Å². The number of carbonyl (C=O) groups is 1. The molecule has 0 atom stereocenters. The Kier molecular flexibility index (Phi) is 2.71. The van der Waals surface area contributed by atoms with Gasteiger partial charge in [0, 0.05) is 17.2 Å². The average Bonchev–Trinajstić information content (AvgIpc) is 2.03. The first-order chi connectivity index (χ1) is 6.02. The molecule has 0 aliphatic rings. The van der Waals surface area contributed by atoms with Crippen molar-refractivity contribution in [2.24, 2.45) is 5.92 Å². The van der Waals surface area contributed by atoms with Crippen LogP contribution < -0.4 is 5.73 Å². The summed E-state index contributed by atoms with van der Waals surface area (Å²) < 4.78 is 0. The summed E-state index contributed by atoms with van der Waals surface area (Å²) in [6.45, 7) is 5.71. The average molecular weight is 177 g/mol. The molecular weight excluding hydrogens is 162 g/mol. The molecule has 0 saturated heterocycles. The lowest BCUT2D eigenvalue weighted by molar-refractivity contribution is 0.0940. The molecule has 0 radical (unpaired) electrons. The number of benzene rings is 1. The number of carbonyl (C=O) groups excluding carboxylic acids is 1.